The Morgan fingerprint density at radius 3 is 2.46 bits per heavy atom. The number of ether oxygens (including phenoxy) is 2. The summed E-state index contributed by atoms with van der Waals surface area (Å²) in [5, 5.41) is 0. The normalized spacial score (nSPS) is 25.8. The molecule has 6 heteroatoms. The van der Waals surface area contributed by atoms with Crippen LogP contribution in [0.25, 0.3) is 0 Å². The van der Waals surface area contributed by atoms with Gasteiger partial charge >= 0.3 is 12.1 Å². The van der Waals surface area contributed by atoms with E-state index in [1.165, 1.54) is 12.7 Å². The number of amides is 1. The maximum absolute atomic E-state index is 12.7. The van der Waals surface area contributed by atoms with Crippen molar-refractivity contribution in [3.05, 3.63) is 35.9 Å². The number of carbonyl (C=O) groups excluding carboxylic acids is 2. The molecule has 2 heterocycles. The molecular formula is C20H28N2O4. The van der Waals surface area contributed by atoms with E-state index < -0.39 is 5.60 Å². The molecule has 0 radical (unpaired) electrons. The fourth-order valence-corrected chi connectivity index (χ4v) is 4.02. The van der Waals surface area contributed by atoms with E-state index in [9.17, 15) is 9.59 Å². The summed E-state index contributed by atoms with van der Waals surface area (Å²) in [7, 11) is 1.41. The third-order valence-corrected chi connectivity index (χ3v) is 5.01. The van der Waals surface area contributed by atoms with E-state index in [1.54, 1.807) is 4.90 Å². The van der Waals surface area contributed by atoms with Gasteiger partial charge in [-0.25, -0.2) is 4.79 Å². The van der Waals surface area contributed by atoms with Gasteiger partial charge in [0.2, 0.25) is 0 Å². The lowest BCUT2D eigenvalue weighted by atomic mass is 10.0. The van der Waals surface area contributed by atoms with Gasteiger partial charge in [-0.3, -0.25) is 14.6 Å². The van der Waals surface area contributed by atoms with Crippen LogP contribution in [0.3, 0.4) is 0 Å². The lowest BCUT2D eigenvalue weighted by Gasteiger charge is -2.41. The Kier molecular flexibility index (Phi) is 5.23. The van der Waals surface area contributed by atoms with E-state index >= 15 is 0 Å². The first-order valence-corrected chi connectivity index (χ1v) is 9.14. The molecule has 2 fully saturated rings. The molecule has 26 heavy (non-hydrogen) atoms. The minimum atomic E-state index is -0.557. The number of carbonyl (C=O) groups is 2. The first-order valence-electron chi connectivity index (χ1n) is 9.14. The highest BCUT2D eigenvalue weighted by molar-refractivity contribution is 5.77. The van der Waals surface area contributed by atoms with Crippen LogP contribution in [0.1, 0.15) is 32.8 Å². The van der Waals surface area contributed by atoms with Crippen molar-refractivity contribution in [1.82, 2.24) is 9.80 Å². The van der Waals surface area contributed by atoms with Crippen LogP contribution in [0.5, 0.6) is 0 Å². The summed E-state index contributed by atoms with van der Waals surface area (Å²) in [6, 6.07) is 10.0. The topological polar surface area (TPSA) is 59.1 Å². The number of esters is 1. The standard InChI is InChI=1S/C20H28N2O4/c1-20(2,3)26-19(24)22-15-10-16(18(23)25-4)17(22)13-21(12-15)11-14-8-6-5-7-9-14/h5-9,15-17H,10-13H2,1-4H3/t15-,16-,17-/m0/s1. The van der Waals surface area contributed by atoms with Gasteiger partial charge in [-0.1, -0.05) is 30.3 Å². The minimum Gasteiger partial charge on any atom is -0.469 e. The number of benzene rings is 1. The summed E-state index contributed by atoms with van der Waals surface area (Å²) in [6.45, 7) is 7.76. The molecule has 0 aliphatic carbocycles. The molecule has 3 atom stereocenters. The highest BCUT2D eigenvalue weighted by Gasteiger charge is 2.52. The van der Waals surface area contributed by atoms with Crippen LogP contribution in [-0.2, 0) is 20.8 Å². The van der Waals surface area contributed by atoms with Gasteiger partial charge in [0.15, 0.2) is 0 Å². The van der Waals surface area contributed by atoms with Crippen LogP contribution >= 0.6 is 0 Å². The van der Waals surface area contributed by atoms with Crippen LogP contribution < -0.4 is 0 Å². The summed E-state index contributed by atoms with van der Waals surface area (Å²) >= 11 is 0. The Hall–Kier alpha value is -2.08. The van der Waals surface area contributed by atoms with Gasteiger partial charge in [0.05, 0.1) is 19.1 Å². The predicted octanol–water partition coefficient (Wildman–Crippen LogP) is 2.67. The molecule has 1 amide bonds. The second-order valence-corrected chi connectivity index (χ2v) is 8.15. The van der Waals surface area contributed by atoms with Crippen LogP contribution in [-0.4, -0.2) is 59.7 Å². The number of likely N-dealkylation sites (tertiary alicyclic amines) is 1. The number of piperazine rings is 1. The van der Waals surface area contributed by atoms with E-state index in [0.717, 1.165) is 13.1 Å². The average molecular weight is 360 g/mol. The fraction of sp³-hybridized carbons (Fsp3) is 0.600. The maximum atomic E-state index is 12.7. The first kappa shape index (κ1) is 18.7. The van der Waals surface area contributed by atoms with Gasteiger partial charge in [0.1, 0.15) is 5.60 Å². The van der Waals surface area contributed by atoms with Crippen LogP contribution in [0.15, 0.2) is 30.3 Å². The zero-order valence-electron chi connectivity index (χ0n) is 16.0. The smallest absolute Gasteiger partial charge is 0.410 e. The van der Waals surface area contributed by atoms with E-state index in [2.05, 4.69) is 17.0 Å². The van der Waals surface area contributed by atoms with Crippen molar-refractivity contribution in [2.24, 2.45) is 5.92 Å². The molecule has 0 saturated carbocycles. The lowest BCUT2D eigenvalue weighted by molar-refractivity contribution is -0.146. The fourth-order valence-electron chi connectivity index (χ4n) is 4.02. The Labute approximate surface area is 155 Å². The number of rotatable bonds is 3. The molecular weight excluding hydrogens is 332 g/mol. The van der Waals surface area contributed by atoms with Crippen LogP contribution in [0.2, 0.25) is 0 Å². The quantitative estimate of drug-likeness (QED) is 0.776. The third kappa shape index (κ3) is 4.01. The summed E-state index contributed by atoms with van der Waals surface area (Å²) < 4.78 is 10.6. The molecule has 6 nitrogen and oxygen atoms in total. The molecule has 142 valence electrons. The number of hydrogen-bond donors (Lipinski definition) is 0. The molecule has 2 aliphatic heterocycles. The highest BCUT2D eigenvalue weighted by Crippen LogP contribution is 2.37. The number of fused-ring (bicyclic) bond motifs is 2. The van der Waals surface area contributed by atoms with E-state index in [4.69, 9.17) is 9.47 Å². The van der Waals surface area contributed by atoms with Crippen molar-refractivity contribution >= 4 is 12.1 Å². The average Bonchev–Trinajstić information content (AvgIpc) is 2.81. The summed E-state index contributed by atoms with van der Waals surface area (Å²) in [4.78, 5) is 29.1. The van der Waals surface area contributed by atoms with Crippen molar-refractivity contribution in [1.29, 1.82) is 0 Å². The number of nitrogens with zero attached hydrogens (tertiary/aromatic N) is 2. The second kappa shape index (κ2) is 7.27. The van der Waals surface area contributed by atoms with Gasteiger partial charge in [0, 0.05) is 25.7 Å². The molecule has 1 aromatic carbocycles. The largest absolute Gasteiger partial charge is 0.469 e. The molecule has 1 aromatic rings. The predicted molar refractivity (Wildman–Crippen MR) is 97.5 cm³/mol. The highest BCUT2D eigenvalue weighted by atomic mass is 16.6. The van der Waals surface area contributed by atoms with E-state index in [0.29, 0.717) is 13.0 Å². The monoisotopic (exact) mass is 360 g/mol. The number of methoxy groups -OCH3 is 1. The van der Waals surface area contributed by atoms with Crippen molar-refractivity contribution in [3.8, 4) is 0 Å². The van der Waals surface area contributed by atoms with Crippen molar-refractivity contribution in [3.63, 3.8) is 0 Å². The molecule has 2 saturated heterocycles. The Bertz CT molecular complexity index is 656. The first-order chi connectivity index (χ1) is 12.3. The third-order valence-electron chi connectivity index (χ3n) is 5.01. The molecule has 2 bridgehead atoms. The zero-order chi connectivity index (χ0) is 18.9. The minimum absolute atomic E-state index is 0.0311. The zero-order valence-corrected chi connectivity index (χ0v) is 16.0. The Balaban J connectivity index is 1.77. The molecule has 3 rings (SSSR count). The molecule has 2 aliphatic rings. The Morgan fingerprint density at radius 1 is 1.15 bits per heavy atom. The molecule has 0 unspecified atom stereocenters. The molecule has 0 N–H and O–H groups in total. The second-order valence-electron chi connectivity index (χ2n) is 8.15. The SMILES string of the molecule is COC(=O)[C@H]1C[C@H]2CN(Cc3ccccc3)C[C@@H]1N2C(=O)OC(C)(C)C. The van der Waals surface area contributed by atoms with E-state index in [1.807, 2.05) is 39.0 Å². The van der Waals surface area contributed by atoms with Gasteiger partial charge in [-0.2, -0.15) is 0 Å². The van der Waals surface area contributed by atoms with Gasteiger partial charge in [-0.05, 0) is 32.8 Å². The van der Waals surface area contributed by atoms with Gasteiger partial charge in [-0.15, -0.1) is 0 Å². The van der Waals surface area contributed by atoms with Crippen molar-refractivity contribution < 1.29 is 19.1 Å². The van der Waals surface area contributed by atoms with Crippen LogP contribution in [0, 0.1) is 5.92 Å². The summed E-state index contributed by atoms with van der Waals surface area (Å²) in [5.41, 5.74) is 0.672. The number of hydrogen-bond acceptors (Lipinski definition) is 5. The van der Waals surface area contributed by atoms with Crippen molar-refractivity contribution in [2.45, 2.75) is 51.4 Å². The van der Waals surface area contributed by atoms with Gasteiger partial charge < -0.3 is 9.47 Å². The maximum Gasteiger partial charge on any atom is 0.410 e. The molecule has 0 spiro atoms. The summed E-state index contributed by atoms with van der Waals surface area (Å²) in [5.74, 6) is -0.536. The summed E-state index contributed by atoms with van der Waals surface area (Å²) in [6.07, 6.45) is 0.292. The van der Waals surface area contributed by atoms with Crippen molar-refractivity contribution in [2.75, 3.05) is 20.2 Å². The molecule has 0 aromatic heterocycles. The van der Waals surface area contributed by atoms with Gasteiger partial charge in [0.25, 0.3) is 0 Å². The van der Waals surface area contributed by atoms with E-state index in [-0.39, 0.29) is 30.1 Å². The lowest BCUT2D eigenvalue weighted by Crippen LogP contribution is -2.57. The van der Waals surface area contributed by atoms with Crippen LogP contribution in [0.4, 0.5) is 4.79 Å². The Morgan fingerprint density at radius 2 is 1.85 bits per heavy atom.